The number of para-hydroxylation sites is 1. The summed E-state index contributed by atoms with van der Waals surface area (Å²) in [5.74, 6) is 1.62. The molecule has 0 saturated heterocycles. The Balaban J connectivity index is 1.35. The van der Waals surface area contributed by atoms with E-state index >= 15 is 0 Å². The largest absolute Gasteiger partial charge is 0.368 e. The van der Waals surface area contributed by atoms with E-state index in [-0.39, 0.29) is 0 Å². The molecular formula is C22H21N5S. The number of pyridine rings is 1. The van der Waals surface area contributed by atoms with Crippen molar-refractivity contribution in [2.45, 2.75) is 13.0 Å². The zero-order valence-corrected chi connectivity index (χ0v) is 16.3. The molecule has 5 nitrogen and oxygen atoms in total. The number of thiophene rings is 1. The van der Waals surface area contributed by atoms with Gasteiger partial charge in [-0.15, -0.1) is 11.3 Å². The first kappa shape index (κ1) is 17.3. The molecule has 0 radical (unpaired) electrons. The number of anilines is 1. The predicted molar refractivity (Wildman–Crippen MR) is 115 cm³/mol. The molecule has 1 aliphatic rings. The van der Waals surface area contributed by atoms with Gasteiger partial charge in [0.15, 0.2) is 5.82 Å². The number of aromatic nitrogens is 3. The van der Waals surface area contributed by atoms with E-state index in [4.69, 9.17) is 9.97 Å². The first-order chi connectivity index (χ1) is 13.9. The molecule has 4 heterocycles. The molecule has 0 atom stereocenters. The van der Waals surface area contributed by atoms with Crippen molar-refractivity contribution in [1.29, 1.82) is 0 Å². The number of nitrogens with zero attached hydrogens (tertiary/aromatic N) is 4. The van der Waals surface area contributed by atoms with Gasteiger partial charge in [-0.3, -0.25) is 9.88 Å². The van der Waals surface area contributed by atoms with Crippen molar-refractivity contribution in [3.05, 3.63) is 70.7 Å². The van der Waals surface area contributed by atoms with Gasteiger partial charge in [-0.2, -0.15) is 0 Å². The monoisotopic (exact) mass is 387 g/mol. The van der Waals surface area contributed by atoms with Crippen molar-refractivity contribution in [3.8, 4) is 11.4 Å². The molecule has 0 spiro atoms. The summed E-state index contributed by atoms with van der Waals surface area (Å²) in [6.45, 7) is 4.03. The minimum absolute atomic E-state index is 0.726. The van der Waals surface area contributed by atoms with Crippen LogP contribution < -0.4 is 5.32 Å². The van der Waals surface area contributed by atoms with Crippen LogP contribution in [-0.4, -0.2) is 39.5 Å². The lowest BCUT2D eigenvalue weighted by Crippen LogP contribution is -2.33. The van der Waals surface area contributed by atoms with Gasteiger partial charge < -0.3 is 5.32 Å². The lowest BCUT2D eigenvalue weighted by molar-refractivity contribution is 0.266. The van der Waals surface area contributed by atoms with Gasteiger partial charge in [0.1, 0.15) is 5.82 Å². The zero-order valence-electron chi connectivity index (χ0n) is 15.5. The molecule has 0 fully saturated rings. The zero-order chi connectivity index (χ0) is 18.8. The topological polar surface area (TPSA) is 53.9 Å². The minimum atomic E-state index is 0.726. The normalized spacial score (nSPS) is 14.1. The molecule has 1 N–H and O–H groups in total. The highest BCUT2D eigenvalue weighted by Gasteiger charge is 2.17. The van der Waals surface area contributed by atoms with E-state index in [1.165, 1.54) is 5.56 Å². The van der Waals surface area contributed by atoms with Gasteiger partial charge in [-0.05, 0) is 47.7 Å². The molecule has 5 rings (SSSR count). The van der Waals surface area contributed by atoms with E-state index < -0.39 is 0 Å². The Hall–Kier alpha value is -2.83. The molecule has 4 aromatic rings. The second kappa shape index (κ2) is 7.66. The van der Waals surface area contributed by atoms with E-state index in [2.05, 4.69) is 32.7 Å². The second-order valence-corrected chi connectivity index (χ2v) is 7.97. The Kier molecular flexibility index (Phi) is 4.72. The fraction of sp³-hybridized carbons (Fsp3) is 0.227. The highest BCUT2D eigenvalue weighted by atomic mass is 32.1. The maximum atomic E-state index is 4.81. The number of nitrogens with one attached hydrogen (secondary N) is 1. The molecule has 6 heteroatoms. The molecule has 1 aliphatic heterocycles. The fourth-order valence-electron chi connectivity index (χ4n) is 3.67. The Morgan fingerprint density at radius 1 is 1.04 bits per heavy atom. The third kappa shape index (κ3) is 3.48. The van der Waals surface area contributed by atoms with Crippen LogP contribution in [0, 0.1) is 0 Å². The highest BCUT2D eigenvalue weighted by Crippen LogP contribution is 2.25. The Morgan fingerprint density at radius 3 is 2.86 bits per heavy atom. The lowest BCUT2D eigenvalue weighted by Gasteiger charge is -2.26. The fourth-order valence-corrected chi connectivity index (χ4v) is 4.56. The Morgan fingerprint density at radius 2 is 1.93 bits per heavy atom. The number of hydrogen-bond donors (Lipinski definition) is 1. The average molecular weight is 388 g/mol. The molecule has 28 heavy (non-hydrogen) atoms. The van der Waals surface area contributed by atoms with E-state index in [1.807, 2.05) is 41.7 Å². The number of fused-ring (bicyclic) bond motifs is 2. The van der Waals surface area contributed by atoms with Gasteiger partial charge in [-0.1, -0.05) is 12.1 Å². The smallest absolute Gasteiger partial charge is 0.162 e. The van der Waals surface area contributed by atoms with Crippen LogP contribution in [0.1, 0.15) is 10.4 Å². The van der Waals surface area contributed by atoms with Crippen molar-refractivity contribution < 1.29 is 0 Å². The molecule has 140 valence electrons. The third-order valence-corrected chi connectivity index (χ3v) is 6.17. The van der Waals surface area contributed by atoms with Crippen molar-refractivity contribution in [2.75, 3.05) is 25.0 Å². The summed E-state index contributed by atoms with van der Waals surface area (Å²) in [5.41, 5.74) is 3.42. The number of benzene rings is 1. The summed E-state index contributed by atoms with van der Waals surface area (Å²) in [7, 11) is 0. The third-order valence-electron chi connectivity index (χ3n) is 5.15. The van der Waals surface area contributed by atoms with Crippen molar-refractivity contribution in [3.63, 3.8) is 0 Å². The molecule has 1 aromatic carbocycles. The van der Waals surface area contributed by atoms with Crippen LogP contribution in [0.25, 0.3) is 22.3 Å². The lowest BCUT2D eigenvalue weighted by atomic mass is 10.1. The minimum Gasteiger partial charge on any atom is -0.368 e. The number of rotatable bonds is 5. The molecule has 0 amide bonds. The standard InChI is InChI=1S/C22H21N5S/c1-2-4-19-18(3-1)22(26-21(25-19)16-5-9-23-10-6-16)24-11-13-27-12-7-20-17(15-27)8-14-28-20/h1-6,8-10,14H,7,11-13,15H2,(H,24,25,26). The predicted octanol–water partition coefficient (Wildman–Crippen LogP) is 4.22. The van der Waals surface area contributed by atoms with Gasteiger partial charge >= 0.3 is 0 Å². The molecule has 0 unspecified atom stereocenters. The van der Waals surface area contributed by atoms with Crippen molar-refractivity contribution in [1.82, 2.24) is 19.9 Å². The molecule has 0 aliphatic carbocycles. The summed E-state index contributed by atoms with van der Waals surface area (Å²) < 4.78 is 0. The van der Waals surface area contributed by atoms with Crippen LogP contribution >= 0.6 is 11.3 Å². The van der Waals surface area contributed by atoms with Gasteiger partial charge in [0, 0.05) is 54.4 Å². The summed E-state index contributed by atoms with van der Waals surface area (Å²) >= 11 is 1.89. The first-order valence-electron chi connectivity index (χ1n) is 9.55. The van der Waals surface area contributed by atoms with E-state index in [9.17, 15) is 0 Å². The van der Waals surface area contributed by atoms with Gasteiger partial charge in [0.25, 0.3) is 0 Å². The van der Waals surface area contributed by atoms with Gasteiger partial charge in [0.2, 0.25) is 0 Å². The second-order valence-electron chi connectivity index (χ2n) is 6.97. The van der Waals surface area contributed by atoms with E-state index in [0.717, 1.165) is 60.7 Å². The molecule has 0 saturated carbocycles. The highest BCUT2D eigenvalue weighted by molar-refractivity contribution is 7.10. The SMILES string of the molecule is c1ccc2c(NCCN3CCc4sccc4C3)nc(-c3ccncc3)nc2c1. The summed E-state index contributed by atoms with van der Waals surface area (Å²) in [5, 5.41) is 6.82. The molecular weight excluding hydrogens is 366 g/mol. The number of hydrogen-bond acceptors (Lipinski definition) is 6. The van der Waals surface area contributed by atoms with Gasteiger partial charge in [0.05, 0.1) is 5.52 Å². The van der Waals surface area contributed by atoms with Crippen LogP contribution in [0.2, 0.25) is 0 Å². The maximum absolute atomic E-state index is 4.81. The van der Waals surface area contributed by atoms with Crippen LogP contribution in [0.4, 0.5) is 5.82 Å². The Bertz CT molecular complexity index is 1090. The summed E-state index contributed by atoms with van der Waals surface area (Å²) in [6.07, 6.45) is 4.71. The van der Waals surface area contributed by atoms with Crippen LogP contribution in [0.15, 0.2) is 60.2 Å². The van der Waals surface area contributed by atoms with Crippen molar-refractivity contribution >= 4 is 28.1 Å². The van der Waals surface area contributed by atoms with Gasteiger partial charge in [-0.25, -0.2) is 9.97 Å². The van der Waals surface area contributed by atoms with E-state index in [1.54, 1.807) is 17.3 Å². The maximum Gasteiger partial charge on any atom is 0.162 e. The molecule has 0 bridgehead atoms. The van der Waals surface area contributed by atoms with Crippen LogP contribution in [-0.2, 0) is 13.0 Å². The summed E-state index contributed by atoms with van der Waals surface area (Å²) in [6, 6.07) is 14.3. The Labute approximate surface area is 168 Å². The van der Waals surface area contributed by atoms with Crippen molar-refractivity contribution in [2.24, 2.45) is 0 Å². The van der Waals surface area contributed by atoms with Crippen LogP contribution in [0.3, 0.4) is 0 Å². The van der Waals surface area contributed by atoms with E-state index in [0.29, 0.717) is 0 Å². The van der Waals surface area contributed by atoms with Crippen LogP contribution in [0.5, 0.6) is 0 Å². The molecule has 3 aromatic heterocycles. The quantitative estimate of drug-likeness (QED) is 0.556. The average Bonchev–Trinajstić information content (AvgIpc) is 3.22. The first-order valence-corrected chi connectivity index (χ1v) is 10.4. The summed E-state index contributed by atoms with van der Waals surface area (Å²) in [4.78, 5) is 17.7.